The third-order valence-corrected chi connectivity index (χ3v) is 3.76. The summed E-state index contributed by atoms with van der Waals surface area (Å²) >= 11 is 6.05. The zero-order valence-electron chi connectivity index (χ0n) is 14.1. The van der Waals surface area contributed by atoms with Gasteiger partial charge in [0, 0.05) is 18.3 Å². The Morgan fingerprint density at radius 2 is 2.08 bits per heavy atom. The van der Waals surface area contributed by atoms with Crippen molar-refractivity contribution < 1.29 is 4.74 Å². The first-order valence-corrected chi connectivity index (χ1v) is 8.32. The first-order valence-electron chi connectivity index (χ1n) is 7.94. The fraction of sp³-hybridized carbons (Fsp3) is 0.167. The van der Waals surface area contributed by atoms with Crippen molar-refractivity contribution >= 4 is 34.7 Å². The first-order chi connectivity index (χ1) is 12.7. The van der Waals surface area contributed by atoms with Gasteiger partial charge in [0.15, 0.2) is 5.82 Å². The van der Waals surface area contributed by atoms with Crippen LogP contribution in [-0.4, -0.2) is 28.3 Å². The molecule has 0 radical (unpaired) electrons. The highest BCUT2D eigenvalue weighted by molar-refractivity contribution is 6.32. The minimum atomic E-state index is 0.388. The smallest absolute Gasteiger partial charge is 0.228 e. The summed E-state index contributed by atoms with van der Waals surface area (Å²) in [6.07, 6.45) is 0. The van der Waals surface area contributed by atoms with Gasteiger partial charge in [0.05, 0.1) is 11.6 Å². The maximum absolute atomic E-state index is 7.28. The number of hydrogen-bond donors (Lipinski definition) is 3. The van der Waals surface area contributed by atoms with E-state index in [1.165, 1.54) is 0 Å². The molecule has 2 heterocycles. The van der Waals surface area contributed by atoms with Crippen LogP contribution in [0.3, 0.4) is 0 Å². The first kappa shape index (κ1) is 17.6. The fourth-order valence-electron chi connectivity index (χ4n) is 2.25. The normalized spacial score (nSPS) is 10.2. The summed E-state index contributed by atoms with van der Waals surface area (Å²) in [5, 5.41) is 13.7. The number of ether oxygens (including phenoxy) is 1. The van der Waals surface area contributed by atoms with Crippen molar-refractivity contribution in [2.24, 2.45) is 0 Å². The summed E-state index contributed by atoms with van der Waals surface area (Å²) in [7, 11) is 0. The molecule has 8 heteroatoms. The van der Waals surface area contributed by atoms with Gasteiger partial charge in [-0.1, -0.05) is 23.7 Å². The molecule has 0 aliphatic carbocycles. The number of anilines is 3. The molecule has 7 nitrogen and oxygen atoms in total. The minimum Gasteiger partial charge on any atom is -0.490 e. The molecule has 0 saturated heterocycles. The molecule has 0 saturated carbocycles. The summed E-state index contributed by atoms with van der Waals surface area (Å²) in [6.45, 7) is 10.1. The van der Waals surface area contributed by atoms with E-state index in [0.717, 1.165) is 5.69 Å². The molecule has 0 aliphatic rings. The number of rotatable bonds is 7. The van der Waals surface area contributed by atoms with Crippen molar-refractivity contribution in [2.75, 3.05) is 23.8 Å². The Hall–Kier alpha value is -3.24. The van der Waals surface area contributed by atoms with Crippen LogP contribution < -0.4 is 15.4 Å². The van der Waals surface area contributed by atoms with Gasteiger partial charge in [-0.2, -0.15) is 5.10 Å². The number of aromatic amines is 1. The molecule has 3 aromatic rings. The van der Waals surface area contributed by atoms with Gasteiger partial charge in [0.2, 0.25) is 5.69 Å². The zero-order valence-corrected chi connectivity index (χ0v) is 14.8. The van der Waals surface area contributed by atoms with E-state index in [9.17, 15) is 0 Å². The molecule has 0 fully saturated rings. The van der Waals surface area contributed by atoms with Crippen LogP contribution in [-0.2, 0) is 0 Å². The van der Waals surface area contributed by atoms with Crippen molar-refractivity contribution in [3.05, 3.63) is 64.6 Å². The highest BCUT2D eigenvalue weighted by Crippen LogP contribution is 2.26. The molecule has 0 bridgehead atoms. The molecule has 3 rings (SSSR count). The van der Waals surface area contributed by atoms with Gasteiger partial charge in [-0.25, -0.2) is 9.83 Å². The molecule has 1 aromatic carbocycles. The van der Waals surface area contributed by atoms with Gasteiger partial charge in [-0.05, 0) is 31.2 Å². The van der Waals surface area contributed by atoms with Gasteiger partial charge >= 0.3 is 0 Å². The maximum Gasteiger partial charge on any atom is 0.228 e. The lowest BCUT2D eigenvalue weighted by Gasteiger charge is -2.11. The predicted octanol–water partition coefficient (Wildman–Crippen LogP) is 4.55. The summed E-state index contributed by atoms with van der Waals surface area (Å²) in [4.78, 5) is 7.93. The van der Waals surface area contributed by atoms with Crippen molar-refractivity contribution in [3.8, 4) is 5.75 Å². The van der Waals surface area contributed by atoms with Crippen molar-refractivity contribution in [1.29, 1.82) is 0 Å². The number of pyridine rings is 1. The number of halogens is 1. The molecule has 0 spiro atoms. The molecule has 0 atom stereocenters. The van der Waals surface area contributed by atoms with Crippen molar-refractivity contribution in [1.82, 2.24) is 15.2 Å². The number of nitrogens with one attached hydrogen (secondary N) is 3. The van der Waals surface area contributed by atoms with Gasteiger partial charge in [-0.15, -0.1) is 0 Å². The number of aromatic nitrogens is 3. The zero-order chi connectivity index (χ0) is 18.4. The van der Waals surface area contributed by atoms with Crippen LogP contribution >= 0.6 is 11.6 Å². The largest absolute Gasteiger partial charge is 0.490 e. The van der Waals surface area contributed by atoms with E-state index in [1.807, 2.05) is 31.2 Å². The van der Waals surface area contributed by atoms with E-state index in [0.29, 0.717) is 47.1 Å². The SMILES string of the molecule is [C-]#[N+]c1ccc(Nc2cc(C)[nH]n2)nc1NCCOc1ccccc1Cl. The molecule has 3 N–H and O–H groups in total. The summed E-state index contributed by atoms with van der Waals surface area (Å²) in [6, 6.07) is 12.6. The van der Waals surface area contributed by atoms with Crippen LogP contribution in [0.15, 0.2) is 42.5 Å². The van der Waals surface area contributed by atoms with E-state index in [-0.39, 0.29) is 0 Å². The van der Waals surface area contributed by atoms with E-state index in [1.54, 1.807) is 18.2 Å². The van der Waals surface area contributed by atoms with Crippen LogP contribution in [0.2, 0.25) is 5.02 Å². The van der Waals surface area contributed by atoms with Crippen LogP contribution in [0.4, 0.5) is 23.1 Å². The lowest BCUT2D eigenvalue weighted by Crippen LogP contribution is -2.13. The molecular weight excluding hydrogens is 352 g/mol. The van der Waals surface area contributed by atoms with Crippen LogP contribution in [0.1, 0.15) is 5.69 Å². The standard InChI is InChI=1S/C18H17ClN6O/c1-12-11-17(25-24-12)22-16-8-7-14(20-2)18(23-16)21-9-10-26-15-6-4-3-5-13(15)19/h3-8,11H,9-10H2,1H3,(H3,21,22,23,24,25). The molecule has 0 amide bonds. The second-order valence-corrected chi connectivity index (χ2v) is 5.85. The average molecular weight is 369 g/mol. The molecule has 0 aliphatic heterocycles. The second kappa shape index (κ2) is 8.23. The number of para-hydroxylation sites is 1. The second-order valence-electron chi connectivity index (χ2n) is 5.44. The van der Waals surface area contributed by atoms with Gasteiger partial charge < -0.3 is 15.4 Å². The molecule has 26 heavy (non-hydrogen) atoms. The molecular formula is C18H17ClN6O. The molecule has 0 unspecified atom stereocenters. The maximum atomic E-state index is 7.28. The Morgan fingerprint density at radius 1 is 1.23 bits per heavy atom. The summed E-state index contributed by atoms with van der Waals surface area (Å²) in [5.74, 6) is 2.37. The Balaban J connectivity index is 1.61. The lowest BCUT2D eigenvalue weighted by atomic mass is 10.3. The third-order valence-electron chi connectivity index (χ3n) is 3.45. The number of nitrogens with zero attached hydrogens (tertiary/aromatic N) is 3. The Morgan fingerprint density at radius 3 is 2.81 bits per heavy atom. The third kappa shape index (κ3) is 4.43. The molecule has 2 aromatic heterocycles. The van der Waals surface area contributed by atoms with E-state index in [2.05, 4.69) is 30.7 Å². The van der Waals surface area contributed by atoms with Crippen molar-refractivity contribution in [3.63, 3.8) is 0 Å². The van der Waals surface area contributed by atoms with Crippen molar-refractivity contribution in [2.45, 2.75) is 6.92 Å². The van der Waals surface area contributed by atoms with E-state index >= 15 is 0 Å². The highest BCUT2D eigenvalue weighted by Gasteiger charge is 2.07. The number of benzene rings is 1. The number of aryl methyl sites for hydroxylation is 1. The quantitative estimate of drug-likeness (QED) is 0.421. The Kier molecular flexibility index (Phi) is 5.56. The predicted molar refractivity (Wildman–Crippen MR) is 103 cm³/mol. The van der Waals surface area contributed by atoms with Gasteiger partial charge in [-0.3, -0.25) is 5.10 Å². The average Bonchev–Trinajstić information content (AvgIpc) is 3.05. The number of hydrogen-bond acceptors (Lipinski definition) is 5. The minimum absolute atomic E-state index is 0.388. The van der Waals surface area contributed by atoms with Crippen LogP contribution in [0.25, 0.3) is 4.85 Å². The topological polar surface area (TPSA) is 79.2 Å². The molecule has 132 valence electrons. The Labute approximate surface area is 156 Å². The fourth-order valence-corrected chi connectivity index (χ4v) is 2.44. The van der Waals surface area contributed by atoms with Crippen LogP contribution in [0, 0.1) is 13.5 Å². The van der Waals surface area contributed by atoms with Gasteiger partial charge in [0.1, 0.15) is 24.0 Å². The number of H-pyrrole nitrogens is 1. The van der Waals surface area contributed by atoms with Crippen LogP contribution in [0.5, 0.6) is 5.75 Å². The monoisotopic (exact) mass is 368 g/mol. The highest BCUT2D eigenvalue weighted by atomic mass is 35.5. The van der Waals surface area contributed by atoms with E-state index < -0.39 is 0 Å². The lowest BCUT2D eigenvalue weighted by molar-refractivity contribution is 0.333. The summed E-state index contributed by atoms with van der Waals surface area (Å²) in [5.41, 5.74) is 1.38. The van der Waals surface area contributed by atoms with Gasteiger partial charge in [0.25, 0.3) is 0 Å². The van der Waals surface area contributed by atoms with E-state index in [4.69, 9.17) is 22.9 Å². The summed E-state index contributed by atoms with van der Waals surface area (Å²) < 4.78 is 5.63. The Bertz CT molecular complexity index is 933.